The minimum atomic E-state index is 0.806. The molecule has 0 fully saturated rings. The lowest BCUT2D eigenvalue weighted by atomic mass is 10.3. The van der Waals surface area contributed by atoms with Gasteiger partial charge in [-0.15, -0.1) is 0 Å². The molecule has 2 aromatic rings. The van der Waals surface area contributed by atoms with Crippen LogP contribution in [0.15, 0.2) is 29.3 Å². The van der Waals surface area contributed by atoms with Crippen LogP contribution in [0.2, 0.25) is 0 Å². The minimum absolute atomic E-state index is 0.806. The summed E-state index contributed by atoms with van der Waals surface area (Å²) in [5.74, 6) is 3.07. The van der Waals surface area contributed by atoms with E-state index in [1.165, 1.54) is 5.52 Å². The number of guanidine groups is 1. The van der Waals surface area contributed by atoms with Gasteiger partial charge in [0.2, 0.25) is 0 Å². The molecule has 0 spiro atoms. The maximum absolute atomic E-state index is 4.65. The van der Waals surface area contributed by atoms with E-state index in [0.29, 0.717) is 0 Å². The molecule has 0 saturated heterocycles. The van der Waals surface area contributed by atoms with Crippen molar-refractivity contribution < 1.29 is 0 Å². The molecular formula is C17H27N5S. The topological polar surface area (TPSA) is 54.2 Å². The second-order valence-corrected chi connectivity index (χ2v) is 6.32. The number of aryl methyl sites for hydroxylation is 2. The Kier molecular flexibility index (Phi) is 7.26. The van der Waals surface area contributed by atoms with Crippen LogP contribution in [0.25, 0.3) is 11.0 Å². The largest absolute Gasteiger partial charge is 0.357 e. The number of nitrogens with zero attached hydrogens (tertiary/aromatic N) is 3. The SMILES string of the molecule is CCNC(=NCCCn1c(C)nc2ccccc21)NCCSC. The molecule has 0 aliphatic heterocycles. The molecule has 5 nitrogen and oxygen atoms in total. The molecular weight excluding hydrogens is 306 g/mol. The number of nitrogens with one attached hydrogen (secondary N) is 2. The van der Waals surface area contributed by atoms with E-state index in [2.05, 4.69) is 63.5 Å². The van der Waals surface area contributed by atoms with Gasteiger partial charge in [0.25, 0.3) is 0 Å². The Morgan fingerprint density at radius 1 is 1.30 bits per heavy atom. The molecule has 0 amide bonds. The molecule has 0 atom stereocenters. The first-order chi connectivity index (χ1) is 11.3. The number of para-hydroxylation sites is 2. The van der Waals surface area contributed by atoms with Crippen LogP contribution in [-0.2, 0) is 6.54 Å². The number of hydrogen-bond acceptors (Lipinski definition) is 3. The highest BCUT2D eigenvalue weighted by Gasteiger charge is 2.05. The lowest BCUT2D eigenvalue weighted by Gasteiger charge is -2.11. The van der Waals surface area contributed by atoms with E-state index in [1.807, 2.05) is 17.8 Å². The highest BCUT2D eigenvalue weighted by atomic mass is 32.2. The van der Waals surface area contributed by atoms with E-state index >= 15 is 0 Å². The Labute approximate surface area is 143 Å². The predicted octanol–water partition coefficient (Wildman–Crippen LogP) is 2.65. The Hall–Kier alpha value is -1.69. The predicted molar refractivity (Wildman–Crippen MR) is 101 cm³/mol. The number of imidazole rings is 1. The Morgan fingerprint density at radius 2 is 2.13 bits per heavy atom. The number of fused-ring (bicyclic) bond motifs is 1. The molecule has 23 heavy (non-hydrogen) atoms. The molecule has 2 rings (SSSR count). The molecule has 0 radical (unpaired) electrons. The van der Waals surface area contributed by atoms with E-state index in [0.717, 1.165) is 55.7 Å². The first-order valence-electron chi connectivity index (χ1n) is 8.19. The Morgan fingerprint density at radius 3 is 2.91 bits per heavy atom. The summed E-state index contributed by atoms with van der Waals surface area (Å²) < 4.78 is 2.28. The molecule has 0 bridgehead atoms. The van der Waals surface area contributed by atoms with Crippen molar-refractivity contribution in [2.45, 2.75) is 26.8 Å². The van der Waals surface area contributed by atoms with Crippen molar-refractivity contribution in [3.8, 4) is 0 Å². The van der Waals surface area contributed by atoms with Crippen LogP contribution >= 0.6 is 11.8 Å². The highest BCUT2D eigenvalue weighted by Crippen LogP contribution is 2.15. The molecule has 0 aliphatic carbocycles. The van der Waals surface area contributed by atoms with Gasteiger partial charge in [0, 0.05) is 31.9 Å². The van der Waals surface area contributed by atoms with Gasteiger partial charge >= 0.3 is 0 Å². The summed E-state index contributed by atoms with van der Waals surface area (Å²) in [6.07, 6.45) is 3.11. The third kappa shape index (κ3) is 5.16. The maximum atomic E-state index is 4.65. The number of hydrogen-bond donors (Lipinski definition) is 2. The number of aromatic nitrogens is 2. The molecule has 2 N–H and O–H groups in total. The monoisotopic (exact) mass is 333 g/mol. The van der Waals surface area contributed by atoms with Crippen LogP contribution in [-0.4, -0.2) is 47.2 Å². The van der Waals surface area contributed by atoms with Crippen molar-refractivity contribution >= 4 is 28.8 Å². The van der Waals surface area contributed by atoms with Crippen LogP contribution < -0.4 is 10.6 Å². The number of aliphatic imine (C=N–C) groups is 1. The molecule has 1 aromatic carbocycles. The van der Waals surface area contributed by atoms with Crippen LogP contribution in [0.1, 0.15) is 19.2 Å². The van der Waals surface area contributed by atoms with E-state index in [9.17, 15) is 0 Å². The number of rotatable bonds is 8. The molecule has 0 saturated carbocycles. The lowest BCUT2D eigenvalue weighted by Crippen LogP contribution is -2.38. The average molecular weight is 334 g/mol. The van der Waals surface area contributed by atoms with Gasteiger partial charge in [0.05, 0.1) is 11.0 Å². The zero-order chi connectivity index (χ0) is 16.5. The zero-order valence-corrected chi connectivity index (χ0v) is 15.1. The fourth-order valence-corrected chi connectivity index (χ4v) is 2.82. The third-order valence-corrected chi connectivity index (χ3v) is 4.21. The molecule has 126 valence electrons. The van der Waals surface area contributed by atoms with Crippen molar-refractivity contribution in [3.05, 3.63) is 30.1 Å². The molecule has 0 aliphatic rings. The molecule has 0 unspecified atom stereocenters. The van der Waals surface area contributed by atoms with E-state index in [1.54, 1.807) is 0 Å². The summed E-state index contributed by atoms with van der Waals surface area (Å²) in [5, 5.41) is 6.64. The van der Waals surface area contributed by atoms with Gasteiger partial charge in [-0.25, -0.2) is 4.98 Å². The Bertz CT molecular complexity index is 635. The maximum Gasteiger partial charge on any atom is 0.191 e. The second kappa shape index (κ2) is 9.45. The number of thioether (sulfide) groups is 1. The van der Waals surface area contributed by atoms with Crippen LogP contribution in [0.4, 0.5) is 0 Å². The van der Waals surface area contributed by atoms with Crippen molar-refractivity contribution in [2.75, 3.05) is 31.6 Å². The summed E-state index contributed by atoms with van der Waals surface area (Å²) in [6.45, 7) is 7.74. The summed E-state index contributed by atoms with van der Waals surface area (Å²) in [6, 6.07) is 8.30. The van der Waals surface area contributed by atoms with Gasteiger partial charge in [-0.2, -0.15) is 11.8 Å². The van der Waals surface area contributed by atoms with Crippen molar-refractivity contribution in [3.63, 3.8) is 0 Å². The fourth-order valence-electron chi connectivity index (χ4n) is 2.51. The van der Waals surface area contributed by atoms with Crippen molar-refractivity contribution in [2.24, 2.45) is 4.99 Å². The van der Waals surface area contributed by atoms with E-state index < -0.39 is 0 Å². The molecule has 1 aromatic heterocycles. The first-order valence-corrected chi connectivity index (χ1v) is 9.58. The lowest BCUT2D eigenvalue weighted by molar-refractivity contribution is 0.646. The second-order valence-electron chi connectivity index (χ2n) is 5.33. The van der Waals surface area contributed by atoms with Gasteiger partial charge in [0.1, 0.15) is 5.82 Å². The van der Waals surface area contributed by atoms with Gasteiger partial charge in [-0.1, -0.05) is 12.1 Å². The molecule has 6 heteroatoms. The van der Waals surface area contributed by atoms with Gasteiger partial charge in [0.15, 0.2) is 5.96 Å². The first kappa shape index (κ1) is 17.7. The summed E-state index contributed by atoms with van der Waals surface area (Å²) in [5.41, 5.74) is 2.28. The van der Waals surface area contributed by atoms with Crippen molar-refractivity contribution in [1.29, 1.82) is 0 Å². The van der Waals surface area contributed by atoms with E-state index in [-0.39, 0.29) is 0 Å². The third-order valence-electron chi connectivity index (χ3n) is 3.60. The number of benzene rings is 1. The minimum Gasteiger partial charge on any atom is -0.357 e. The van der Waals surface area contributed by atoms with Crippen LogP contribution in [0.5, 0.6) is 0 Å². The van der Waals surface area contributed by atoms with Gasteiger partial charge in [-0.3, -0.25) is 4.99 Å². The highest BCUT2D eigenvalue weighted by molar-refractivity contribution is 7.98. The average Bonchev–Trinajstić information content (AvgIpc) is 2.87. The smallest absolute Gasteiger partial charge is 0.191 e. The van der Waals surface area contributed by atoms with Gasteiger partial charge in [-0.05, 0) is 38.7 Å². The summed E-state index contributed by atoms with van der Waals surface area (Å²) in [7, 11) is 0. The normalized spacial score (nSPS) is 11.9. The standard InChI is InChI=1S/C17H27N5S/c1-4-18-17(20-11-13-23-3)19-10-7-12-22-14(2)21-15-8-5-6-9-16(15)22/h5-6,8-9H,4,7,10-13H2,1-3H3,(H2,18,19,20). The van der Waals surface area contributed by atoms with E-state index in [4.69, 9.17) is 0 Å². The zero-order valence-electron chi connectivity index (χ0n) is 14.3. The summed E-state index contributed by atoms with van der Waals surface area (Å²) in [4.78, 5) is 9.25. The summed E-state index contributed by atoms with van der Waals surface area (Å²) >= 11 is 1.84. The fraction of sp³-hybridized carbons (Fsp3) is 0.529. The van der Waals surface area contributed by atoms with Crippen molar-refractivity contribution in [1.82, 2.24) is 20.2 Å². The Balaban J connectivity index is 1.89. The van der Waals surface area contributed by atoms with Crippen LogP contribution in [0, 0.1) is 6.92 Å². The van der Waals surface area contributed by atoms with Gasteiger partial charge < -0.3 is 15.2 Å². The van der Waals surface area contributed by atoms with Crippen LogP contribution in [0.3, 0.4) is 0 Å². The molecule has 1 heterocycles. The quantitative estimate of drug-likeness (QED) is 0.443.